The largest absolute Gasteiger partial charge is 0.493 e. The van der Waals surface area contributed by atoms with E-state index in [1.807, 2.05) is 11.0 Å². The lowest BCUT2D eigenvalue weighted by molar-refractivity contribution is -0.152. The number of benzene rings is 3. The summed E-state index contributed by atoms with van der Waals surface area (Å²) in [6.07, 6.45) is -4.39. The third-order valence-electron chi connectivity index (χ3n) is 6.55. The summed E-state index contributed by atoms with van der Waals surface area (Å²) < 4.78 is 64.7. The van der Waals surface area contributed by atoms with Crippen LogP contribution in [0.4, 0.5) is 13.2 Å². The summed E-state index contributed by atoms with van der Waals surface area (Å²) >= 11 is 12.3. The van der Waals surface area contributed by atoms with Crippen LogP contribution >= 0.6 is 23.2 Å². The second kappa shape index (κ2) is 10.6. The molecule has 5 rings (SSSR count). The van der Waals surface area contributed by atoms with Gasteiger partial charge in [0.15, 0.2) is 11.5 Å². The fourth-order valence-electron chi connectivity index (χ4n) is 4.61. The van der Waals surface area contributed by atoms with Gasteiger partial charge in [-0.05, 0) is 53.9 Å². The molecule has 0 bridgehead atoms. The number of nitrogens with zero attached hydrogens (tertiary/aromatic N) is 1. The highest BCUT2D eigenvalue weighted by Gasteiger charge is 2.40. The molecular weight excluding hydrogens is 558 g/mol. The smallest absolute Gasteiger partial charge is 0.450 e. The summed E-state index contributed by atoms with van der Waals surface area (Å²) in [6.45, 7) is 0.925. The van der Waals surface area contributed by atoms with Gasteiger partial charge in [-0.25, -0.2) is 0 Å². The first kappa shape index (κ1) is 27.2. The zero-order valence-corrected chi connectivity index (χ0v) is 22.3. The number of ether oxygens (including phenoxy) is 3. The van der Waals surface area contributed by atoms with E-state index >= 15 is 0 Å². The van der Waals surface area contributed by atoms with Gasteiger partial charge in [-0.2, -0.15) is 13.2 Å². The average molecular weight is 580 g/mol. The van der Waals surface area contributed by atoms with Crippen molar-refractivity contribution in [2.75, 3.05) is 27.5 Å². The Labute approximate surface area is 231 Å². The zero-order chi connectivity index (χ0) is 27.9. The standard InChI is InChI=1S/C28H22Cl2F3NO5/c1-36-22-7-4-16(11-23(22)37-2)24-25(35)18-6-8-21-19(26(18)39-27(24)28(31,32)33)13-34(14-38-21)10-9-15-3-5-17(29)12-20(15)30/h3-8,11-12H,9-10,13-14H2,1-2H3. The normalized spacial score (nSPS) is 13.7. The molecular formula is C28H22Cl2F3NO5. The summed E-state index contributed by atoms with van der Waals surface area (Å²) in [5.41, 5.74) is -0.363. The second-order valence-corrected chi connectivity index (χ2v) is 9.78. The highest BCUT2D eigenvalue weighted by atomic mass is 35.5. The van der Waals surface area contributed by atoms with E-state index in [-0.39, 0.29) is 35.6 Å². The minimum absolute atomic E-state index is 0.00827. The summed E-state index contributed by atoms with van der Waals surface area (Å²) in [7, 11) is 2.76. The molecule has 0 fully saturated rings. The van der Waals surface area contributed by atoms with Crippen molar-refractivity contribution in [1.82, 2.24) is 4.90 Å². The molecule has 3 aromatic carbocycles. The third-order valence-corrected chi connectivity index (χ3v) is 7.13. The van der Waals surface area contributed by atoms with E-state index in [1.165, 1.54) is 38.5 Å². The minimum Gasteiger partial charge on any atom is -0.493 e. The number of alkyl halides is 3. The van der Waals surface area contributed by atoms with E-state index in [1.54, 1.807) is 18.2 Å². The van der Waals surface area contributed by atoms with Crippen molar-refractivity contribution in [1.29, 1.82) is 0 Å². The van der Waals surface area contributed by atoms with Crippen LogP contribution < -0.4 is 19.6 Å². The Balaban J connectivity index is 1.57. The lowest BCUT2D eigenvalue weighted by Gasteiger charge is -2.29. The maximum absolute atomic E-state index is 14.3. The fourth-order valence-corrected chi connectivity index (χ4v) is 5.11. The number of methoxy groups -OCH3 is 2. The number of hydrogen-bond acceptors (Lipinski definition) is 6. The molecule has 0 spiro atoms. The Kier molecular flexibility index (Phi) is 7.41. The SMILES string of the molecule is COc1ccc(-c2c(C(F)(F)F)oc3c4c(ccc3c2=O)OCN(CCc2ccc(Cl)cc2Cl)C4)cc1OC. The van der Waals surface area contributed by atoms with Gasteiger partial charge in [-0.3, -0.25) is 9.69 Å². The van der Waals surface area contributed by atoms with E-state index in [0.29, 0.717) is 40.1 Å². The Morgan fingerprint density at radius 2 is 1.77 bits per heavy atom. The number of hydrogen-bond donors (Lipinski definition) is 0. The topological polar surface area (TPSA) is 61.1 Å². The van der Waals surface area contributed by atoms with Gasteiger partial charge >= 0.3 is 6.18 Å². The molecule has 6 nitrogen and oxygen atoms in total. The number of fused-ring (bicyclic) bond motifs is 3. The molecule has 204 valence electrons. The van der Waals surface area contributed by atoms with Gasteiger partial charge in [0, 0.05) is 23.1 Å². The van der Waals surface area contributed by atoms with E-state index in [2.05, 4.69) is 0 Å². The van der Waals surface area contributed by atoms with E-state index in [4.69, 9.17) is 41.8 Å². The maximum Gasteiger partial charge on any atom is 0.450 e. The molecule has 0 saturated heterocycles. The fraction of sp³-hybridized carbons (Fsp3) is 0.250. The van der Waals surface area contributed by atoms with Gasteiger partial charge in [0.2, 0.25) is 11.2 Å². The van der Waals surface area contributed by atoms with Crippen molar-refractivity contribution >= 4 is 34.2 Å². The predicted octanol–water partition coefficient (Wildman–Crippen LogP) is 7.20. The zero-order valence-electron chi connectivity index (χ0n) is 20.8. The van der Waals surface area contributed by atoms with Crippen LogP contribution in [0, 0.1) is 0 Å². The van der Waals surface area contributed by atoms with Crippen LogP contribution in [0.25, 0.3) is 22.1 Å². The minimum atomic E-state index is -4.95. The quantitative estimate of drug-likeness (QED) is 0.241. The third kappa shape index (κ3) is 5.26. The predicted molar refractivity (Wildman–Crippen MR) is 142 cm³/mol. The molecule has 0 amide bonds. The van der Waals surface area contributed by atoms with Crippen LogP contribution in [-0.4, -0.2) is 32.4 Å². The molecule has 2 heterocycles. The van der Waals surface area contributed by atoms with Crippen molar-refractivity contribution < 1.29 is 31.8 Å². The van der Waals surface area contributed by atoms with Crippen LogP contribution in [0.15, 0.2) is 57.7 Å². The van der Waals surface area contributed by atoms with Crippen molar-refractivity contribution in [3.8, 4) is 28.4 Å². The molecule has 1 aliphatic heterocycles. The monoisotopic (exact) mass is 579 g/mol. The molecule has 11 heteroatoms. The van der Waals surface area contributed by atoms with Crippen molar-refractivity contribution in [2.45, 2.75) is 19.1 Å². The van der Waals surface area contributed by atoms with Gasteiger partial charge < -0.3 is 18.6 Å². The van der Waals surface area contributed by atoms with Crippen LogP contribution in [0.5, 0.6) is 17.2 Å². The average Bonchev–Trinajstić information content (AvgIpc) is 2.91. The van der Waals surface area contributed by atoms with Crippen molar-refractivity contribution in [2.24, 2.45) is 0 Å². The van der Waals surface area contributed by atoms with Crippen LogP contribution in [0.2, 0.25) is 10.0 Å². The molecule has 1 aromatic heterocycles. The lowest BCUT2D eigenvalue weighted by atomic mass is 9.99. The first-order valence-corrected chi connectivity index (χ1v) is 12.6. The van der Waals surface area contributed by atoms with E-state index in [0.717, 1.165) is 5.56 Å². The van der Waals surface area contributed by atoms with Crippen molar-refractivity contribution in [3.63, 3.8) is 0 Å². The Bertz CT molecular complexity index is 1620. The molecule has 0 aliphatic carbocycles. The van der Waals surface area contributed by atoms with Gasteiger partial charge in [-0.1, -0.05) is 35.3 Å². The molecule has 0 saturated carbocycles. The van der Waals surface area contributed by atoms with Crippen molar-refractivity contribution in [3.05, 3.63) is 85.7 Å². The molecule has 0 N–H and O–H groups in total. The first-order valence-electron chi connectivity index (χ1n) is 11.8. The highest BCUT2D eigenvalue weighted by molar-refractivity contribution is 6.35. The van der Waals surface area contributed by atoms with E-state index < -0.39 is 22.9 Å². The number of rotatable bonds is 6. The molecule has 4 aromatic rings. The second-order valence-electron chi connectivity index (χ2n) is 8.93. The molecule has 0 radical (unpaired) electrons. The Hall–Kier alpha value is -3.40. The van der Waals surface area contributed by atoms with Gasteiger partial charge in [0.05, 0.1) is 30.7 Å². The Morgan fingerprint density at radius 3 is 2.46 bits per heavy atom. The summed E-state index contributed by atoms with van der Waals surface area (Å²) in [4.78, 5) is 15.5. The molecule has 39 heavy (non-hydrogen) atoms. The first-order chi connectivity index (χ1) is 18.6. The van der Waals surface area contributed by atoms with Gasteiger partial charge in [0.25, 0.3) is 0 Å². The van der Waals surface area contributed by atoms with Crippen LogP contribution in [-0.2, 0) is 19.1 Å². The number of halogens is 5. The summed E-state index contributed by atoms with van der Waals surface area (Å²) in [6, 6.07) is 12.3. The maximum atomic E-state index is 14.3. The van der Waals surface area contributed by atoms with Crippen LogP contribution in [0.1, 0.15) is 16.9 Å². The molecule has 0 atom stereocenters. The van der Waals surface area contributed by atoms with Gasteiger partial charge in [0.1, 0.15) is 18.1 Å². The summed E-state index contributed by atoms with van der Waals surface area (Å²) in [5.74, 6) is -0.548. The molecule has 0 unspecified atom stereocenters. The van der Waals surface area contributed by atoms with E-state index in [9.17, 15) is 18.0 Å². The lowest BCUT2D eigenvalue weighted by Crippen LogP contribution is -2.34. The highest BCUT2D eigenvalue weighted by Crippen LogP contribution is 2.42. The summed E-state index contributed by atoms with van der Waals surface area (Å²) in [5, 5.41) is 1.06. The van der Waals surface area contributed by atoms with Crippen LogP contribution in [0.3, 0.4) is 0 Å². The Morgan fingerprint density at radius 1 is 1.00 bits per heavy atom. The molecule has 1 aliphatic rings. The van der Waals surface area contributed by atoms with Gasteiger partial charge in [-0.15, -0.1) is 0 Å².